The molecule has 1 saturated heterocycles. The van der Waals surface area contributed by atoms with Crippen LogP contribution in [0.5, 0.6) is 5.75 Å². The van der Waals surface area contributed by atoms with E-state index < -0.39 is 17.1 Å². The number of Topliss-reactive ketones (excluding diaryl/α,β-unsaturated/α-hetero) is 1. The average Bonchev–Trinajstić information content (AvgIpc) is 2.81. The van der Waals surface area contributed by atoms with Crippen LogP contribution in [-0.4, -0.2) is 52.5 Å². The van der Waals surface area contributed by atoms with E-state index >= 15 is 0 Å². The van der Waals surface area contributed by atoms with Crippen LogP contribution >= 0.6 is 0 Å². The van der Waals surface area contributed by atoms with Crippen LogP contribution in [0.1, 0.15) is 29.4 Å². The maximum atomic E-state index is 13.1. The van der Waals surface area contributed by atoms with Crippen molar-refractivity contribution >= 4 is 28.7 Å². The zero-order valence-corrected chi connectivity index (χ0v) is 18.0. The summed E-state index contributed by atoms with van der Waals surface area (Å²) in [6.45, 7) is 3.56. The van der Waals surface area contributed by atoms with E-state index in [2.05, 4.69) is 10.3 Å². The number of ketones is 1. The highest BCUT2D eigenvalue weighted by Crippen LogP contribution is 2.26. The number of hydrogen-bond donors (Lipinski definition) is 2. The molecule has 10 heteroatoms. The van der Waals surface area contributed by atoms with Crippen molar-refractivity contribution in [2.45, 2.75) is 19.8 Å². The van der Waals surface area contributed by atoms with Crippen LogP contribution in [0.4, 0.5) is 15.8 Å². The van der Waals surface area contributed by atoms with Crippen LogP contribution in [0.2, 0.25) is 0 Å². The maximum absolute atomic E-state index is 13.1. The van der Waals surface area contributed by atoms with Crippen LogP contribution in [-0.2, 0) is 16.0 Å². The number of hydrogen-bond acceptors (Lipinski definition) is 7. The summed E-state index contributed by atoms with van der Waals surface area (Å²) < 4.78 is 19.6. The molecule has 1 aliphatic heterocycles. The summed E-state index contributed by atoms with van der Waals surface area (Å²) in [6, 6.07) is 7.39. The van der Waals surface area contributed by atoms with Gasteiger partial charge in [0.25, 0.3) is 0 Å². The van der Waals surface area contributed by atoms with Gasteiger partial charge in [-0.25, -0.2) is 9.37 Å². The number of halogens is 1. The van der Waals surface area contributed by atoms with Crippen molar-refractivity contribution in [1.29, 1.82) is 0 Å². The topological polar surface area (TPSA) is 113 Å². The fourth-order valence-electron chi connectivity index (χ4n) is 3.71. The number of fused-ring (bicyclic) bond motifs is 1. The number of aryl methyl sites for hydroxylation is 1. The average molecular weight is 454 g/mol. The Morgan fingerprint density at radius 2 is 1.91 bits per heavy atom. The summed E-state index contributed by atoms with van der Waals surface area (Å²) >= 11 is 0. The molecule has 0 aliphatic carbocycles. The zero-order valence-electron chi connectivity index (χ0n) is 18.0. The first-order valence-corrected chi connectivity index (χ1v) is 10.5. The maximum Gasteiger partial charge on any atom is 0.300 e. The van der Waals surface area contributed by atoms with E-state index in [1.54, 1.807) is 18.2 Å². The summed E-state index contributed by atoms with van der Waals surface area (Å²) in [7, 11) is 0. The third-order valence-corrected chi connectivity index (χ3v) is 5.39. The standard InChI is InChI=1S/C23H23FN4O5/c1-14(29)25-18-12-17(27-8-10-33-11-9-27)13-28-22(18)26-20(21(31)23(28)32)19(30)7-4-15-2-5-16(24)6-3-15/h2-3,5-6,12-13,31H,4,7-11H2,1H3,(H,25,29). The first-order chi connectivity index (χ1) is 15.8. The number of ether oxygens (including phenoxy) is 1. The van der Waals surface area contributed by atoms with Gasteiger partial charge in [-0.2, -0.15) is 0 Å². The van der Waals surface area contributed by atoms with E-state index in [1.165, 1.54) is 25.3 Å². The number of nitrogens with one attached hydrogen (secondary N) is 1. The highest BCUT2D eigenvalue weighted by atomic mass is 19.1. The number of aromatic hydroxyl groups is 1. The third-order valence-electron chi connectivity index (χ3n) is 5.39. The molecule has 2 N–H and O–H groups in total. The molecule has 0 spiro atoms. The quantitative estimate of drug-likeness (QED) is 0.549. The normalized spacial score (nSPS) is 13.8. The van der Waals surface area contributed by atoms with E-state index in [0.717, 1.165) is 9.96 Å². The summed E-state index contributed by atoms with van der Waals surface area (Å²) in [5.74, 6) is -2.05. The summed E-state index contributed by atoms with van der Waals surface area (Å²) in [6.07, 6.45) is 1.77. The first-order valence-electron chi connectivity index (χ1n) is 10.5. The van der Waals surface area contributed by atoms with Crippen molar-refractivity contribution < 1.29 is 23.8 Å². The van der Waals surface area contributed by atoms with Crippen LogP contribution in [0, 0.1) is 5.82 Å². The second-order valence-electron chi connectivity index (χ2n) is 7.75. The molecule has 1 amide bonds. The van der Waals surface area contributed by atoms with E-state index in [9.17, 15) is 23.9 Å². The Balaban J connectivity index is 1.73. The number of carbonyl (C=O) groups is 2. The van der Waals surface area contributed by atoms with Gasteiger partial charge in [0.15, 0.2) is 17.1 Å². The third kappa shape index (κ3) is 4.85. The van der Waals surface area contributed by atoms with Gasteiger partial charge in [0.2, 0.25) is 11.7 Å². The Hall–Kier alpha value is -3.79. The van der Waals surface area contributed by atoms with E-state index in [4.69, 9.17) is 4.74 Å². The van der Waals surface area contributed by atoms with Gasteiger partial charge < -0.3 is 20.1 Å². The number of aromatic nitrogens is 2. The Kier molecular flexibility index (Phi) is 6.36. The molecule has 33 heavy (non-hydrogen) atoms. The molecule has 0 saturated carbocycles. The number of amides is 1. The molecule has 172 valence electrons. The van der Waals surface area contributed by atoms with E-state index in [1.807, 2.05) is 4.90 Å². The molecule has 0 bridgehead atoms. The minimum absolute atomic E-state index is 0.0386. The number of benzene rings is 1. The van der Waals surface area contributed by atoms with Gasteiger partial charge in [0.05, 0.1) is 24.6 Å². The molecule has 0 radical (unpaired) electrons. The first kappa shape index (κ1) is 22.4. The summed E-state index contributed by atoms with van der Waals surface area (Å²) in [5.41, 5.74) is 0.495. The number of nitrogens with zero attached hydrogens (tertiary/aromatic N) is 3. The lowest BCUT2D eigenvalue weighted by Crippen LogP contribution is -2.36. The Bertz CT molecular complexity index is 1270. The number of pyridine rings is 1. The Morgan fingerprint density at radius 3 is 2.58 bits per heavy atom. The van der Waals surface area contributed by atoms with Gasteiger partial charge in [-0.3, -0.25) is 18.8 Å². The van der Waals surface area contributed by atoms with E-state index in [0.29, 0.717) is 32.0 Å². The van der Waals surface area contributed by atoms with Crippen molar-refractivity contribution in [3.05, 3.63) is 64.0 Å². The van der Waals surface area contributed by atoms with Crippen molar-refractivity contribution in [1.82, 2.24) is 9.38 Å². The SMILES string of the molecule is CC(=O)Nc1cc(N2CCOCC2)cn2c(=O)c(O)c(C(=O)CCc3ccc(F)cc3)nc12. The van der Waals surface area contributed by atoms with Gasteiger partial charge >= 0.3 is 5.56 Å². The summed E-state index contributed by atoms with van der Waals surface area (Å²) in [5, 5.41) is 13.1. The summed E-state index contributed by atoms with van der Waals surface area (Å²) in [4.78, 5) is 43.8. The fraction of sp³-hybridized carbons (Fsp3) is 0.304. The number of carbonyl (C=O) groups excluding carboxylic acids is 2. The van der Waals surface area contributed by atoms with Gasteiger partial charge in [0.1, 0.15) is 5.82 Å². The molecule has 3 heterocycles. The molecule has 1 aromatic carbocycles. The lowest BCUT2D eigenvalue weighted by Gasteiger charge is -2.29. The lowest BCUT2D eigenvalue weighted by atomic mass is 10.1. The minimum Gasteiger partial charge on any atom is -0.501 e. The van der Waals surface area contributed by atoms with Crippen LogP contribution in [0.3, 0.4) is 0 Å². The predicted octanol–water partition coefficient (Wildman–Crippen LogP) is 2.15. The van der Waals surface area contributed by atoms with Crippen molar-refractivity contribution in [3.8, 4) is 5.75 Å². The molecule has 1 fully saturated rings. The molecular weight excluding hydrogens is 431 g/mol. The molecule has 0 unspecified atom stereocenters. The molecular formula is C23H23FN4O5. The second kappa shape index (κ2) is 9.37. The molecule has 3 aromatic rings. The molecule has 0 atom stereocenters. The fourth-order valence-corrected chi connectivity index (χ4v) is 3.71. The smallest absolute Gasteiger partial charge is 0.300 e. The van der Waals surface area contributed by atoms with Crippen molar-refractivity contribution in [3.63, 3.8) is 0 Å². The van der Waals surface area contributed by atoms with Crippen LogP contribution in [0.25, 0.3) is 5.65 Å². The van der Waals surface area contributed by atoms with Crippen LogP contribution < -0.4 is 15.8 Å². The molecule has 2 aromatic heterocycles. The van der Waals surface area contributed by atoms with Gasteiger partial charge in [-0.1, -0.05) is 12.1 Å². The van der Waals surface area contributed by atoms with Crippen molar-refractivity contribution in [2.24, 2.45) is 0 Å². The number of morpholine rings is 1. The van der Waals surface area contributed by atoms with Gasteiger partial charge in [-0.05, 0) is 30.2 Å². The van der Waals surface area contributed by atoms with Crippen LogP contribution in [0.15, 0.2) is 41.3 Å². The second-order valence-corrected chi connectivity index (χ2v) is 7.75. The van der Waals surface area contributed by atoms with Gasteiger partial charge in [0, 0.05) is 32.6 Å². The largest absolute Gasteiger partial charge is 0.501 e. The minimum atomic E-state index is -0.813. The number of rotatable bonds is 6. The Labute approximate surface area is 188 Å². The molecule has 9 nitrogen and oxygen atoms in total. The zero-order chi connectivity index (χ0) is 23.5. The molecule has 4 rings (SSSR count). The highest BCUT2D eigenvalue weighted by molar-refractivity contribution is 5.98. The lowest BCUT2D eigenvalue weighted by molar-refractivity contribution is -0.114. The van der Waals surface area contributed by atoms with Crippen molar-refractivity contribution in [2.75, 3.05) is 36.5 Å². The Morgan fingerprint density at radius 1 is 1.21 bits per heavy atom. The molecule has 1 aliphatic rings. The monoisotopic (exact) mass is 454 g/mol. The van der Waals surface area contributed by atoms with Gasteiger partial charge in [-0.15, -0.1) is 0 Å². The van der Waals surface area contributed by atoms with E-state index in [-0.39, 0.29) is 41.6 Å². The predicted molar refractivity (Wildman–Crippen MR) is 120 cm³/mol. The highest BCUT2D eigenvalue weighted by Gasteiger charge is 2.22. The number of anilines is 2.